The predicted molar refractivity (Wildman–Crippen MR) is 171 cm³/mol. The molecular weight excluding hydrogens is 593 g/mol. The van der Waals surface area contributed by atoms with E-state index < -0.39 is 0 Å². The molecule has 4 amide bonds. The Hall–Kier alpha value is -3.12. The number of urea groups is 2. The molecule has 8 fully saturated rings. The zero-order chi connectivity index (χ0) is 29.5. The largest absolute Gasteiger partial charge is 0.325 e. The van der Waals surface area contributed by atoms with Gasteiger partial charge in [0, 0.05) is 22.2 Å². The van der Waals surface area contributed by atoms with Crippen molar-refractivity contribution in [1.29, 1.82) is 0 Å². The van der Waals surface area contributed by atoms with Crippen LogP contribution in [0.2, 0.25) is 0 Å². The fourth-order valence-corrected chi connectivity index (χ4v) is 12.8. The predicted octanol–water partition coefficient (Wildman–Crippen LogP) is 7.61. The first-order chi connectivity index (χ1) is 21.4. The minimum Gasteiger partial charge on any atom is -0.308 e. The Kier molecular flexibility index (Phi) is 6.31. The van der Waals surface area contributed by atoms with E-state index in [4.69, 9.17) is 0 Å². The van der Waals surface area contributed by atoms with Crippen molar-refractivity contribution in [2.45, 2.75) is 87.9 Å². The van der Waals surface area contributed by atoms with Crippen molar-refractivity contribution in [2.24, 2.45) is 35.5 Å². The summed E-state index contributed by atoms with van der Waals surface area (Å²) in [7, 11) is 0. The van der Waals surface area contributed by atoms with Crippen molar-refractivity contribution in [3.05, 3.63) is 34.3 Å². The van der Waals surface area contributed by atoms with E-state index >= 15 is 0 Å². The molecule has 12 heteroatoms. The van der Waals surface area contributed by atoms with Gasteiger partial charge in [0.2, 0.25) is 10.3 Å². The van der Waals surface area contributed by atoms with E-state index in [-0.39, 0.29) is 22.9 Å². The number of anilines is 4. The highest BCUT2D eigenvalue weighted by Gasteiger charge is 2.54. The average molecular weight is 631 g/mol. The number of rotatable bonds is 6. The maximum atomic E-state index is 12.7. The zero-order valence-electron chi connectivity index (χ0n) is 24.7. The minimum absolute atomic E-state index is 0.171. The highest BCUT2D eigenvalue weighted by molar-refractivity contribution is 7.15. The van der Waals surface area contributed by atoms with Crippen LogP contribution in [-0.4, -0.2) is 32.5 Å². The molecule has 2 aromatic heterocycles. The van der Waals surface area contributed by atoms with E-state index in [1.807, 2.05) is 0 Å². The summed E-state index contributed by atoms with van der Waals surface area (Å²) in [6, 6.07) is 6.31. The molecule has 10 nitrogen and oxygen atoms in total. The lowest BCUT2D eigenvalue weighted by atomic mass is 9.50. The zero-order valence-corrected chi connectivity index (χ0v) is 26.3. The quantitative estimate of drug-likeness (QED) is 0.221. The van der Waals surface area contributed by atoms with Crippen LogP contribution in [0.15, 0.2) is 24.3 Å². The van der Waals surface area contributed by atoms with Crippen molar-refractivity contribution < 1.29 is 9.59 Å². The molecule has 0 atom stereocenters. The third-order valence-electron chi connectivity index (χ3n) is 11.7. The van der Waals surface area contributed by atoms with Gasteiger partial charge in [-0.05, 0) is 137 Å². The summed E-state index contributed by atoms with van der Waals surface area (Å²) < 4.78 is 0. The van der Waals surface area contributed by atoms with E-state index in [9.17, 15) is 9.59 Å². The number of carbonyl (C=O) groups excluding carboxylic acids is 2. The monoisotopic (exact) mass is 630 g/mol. The number of hydrogen-bond donors (Lipinski definition) is 4. The first-order valence-electron chi connectivity index (χ1n) is 16.3. The molecule has 0 unspecified atom stereocenters. The Labute approximate surface area is 264 Å². The van der Waals surface area contributed by atoms with Gasteiger partial charge in [-0.1, -0.05) is 22.7 Å². The van der Waals surface area contributed by atoms with Gasteiger partial charge in [-0.25, -0.2) is 9.59 Å². The fourth-order valence-electron chi connectivity index (χ4n) is 10.9. The molecule has 8 saturated carbocycles. The molecule has 3 aromatic rings. The normalized spacial score (nSPS) is 35.9. The third-order valence-corrected chi connectivity index (χ3v) is 13.8. The van der Waals surface area contributed by atoms with Gasteiger partial charge in [0.15, 0.2) is 0 Å². The molecule has 0 spiro atoms. The molecular formula is C32H38N8O2S2. The lowest BCUT2D eigenvalue weighted by Gasteiger charge is -2.55. The standard InChI is InChI=1S/C32H38N8O2S2/c41-27(35-29-39-37-25(43-29)31-11-17-5-18(12-31)7-19(6-17)13-31)33-23-1-2-24(4-3-23)34-28(42)36-30-40-38-26(44-30)32-14-20-8-21(15-32)10-22(9-20)16-32/h1-4,17-22H,5-16H2,(H2,33,35,39,41)(H2,34,36,40,42). The lowest BCUT2D eigenvalue weighted by Crippen LogP contribution is -2.48. The van der Waals surface area contributed by atoms with Gasteiger partial charge in [0.1, 0.15) is 10.0 Å². The first kappa shape index (κ1) is 27.2. The van der Waals surface area contributed by atoms with Crippen LogP contribution < -0.4 is 21.3 Å². The summed E-state index contributed by atoms with van der Waals surface area (Å²) in [5, 5.41) is 32.4. The van der Waals surface area contributed by atoms with Gasteiger partial charge < -0.3 is 10.6 Å². The molecule has 8 bridgehead atoms. The molecule has 8 aliphatic rings. The van der Waals surface area contributed by atoms with Crippen LogP contribution in [0, 0.1) is 35.5 Å². The molecule has 0 saturated heterocycles. The molecule has 230 valence electrons. The Morgan fingerprint density at radius 1 is 0.523 bits per heavy atom. The molecule has 1 aromatic carbocycles. The van der Waals surface area contributed by atoms with Crippen LogP contribution in [0.4, 0.5) is 31.2 Å². The van der Waals surface area contributed by atoms with Crippen LogP contribution in [0.25, 0.3) is 0 Å². The summed E-state index contributed by atoms with van der Waals surface area (Å²) >= 11 is 3.06. The number of aromatic nitrogens is 4. The van der Waals surface area contributed by atoms with E-state index in [2.05, 4.69) is 41.7 Å². The van der Waals surface area contributed by atoms with Crippen LogP contribution in [0.5, 0.6) is 0 Å². The van der Waals surface area contributed by atoms with Crippen LogP contribution in [0.1, 0.15) is 87.1 Å². The van der Waals surface area contributed by atoms with Crippen LogP contribution in [0.3, 0.4) is 0 Å². The molecule has 4 N–H and O–H groups in total. The van der Waals surface area contributed by atoms with Gasteiger partial charge >= 0.3 is 12.1 Å². The minimum atomic E-state index is -0.359. The van der Waals surface area contributed by atoms with Crippen molar-refractivity contribution >= 4 is 56.4 Å². The van der Waals surface area contributed by atoms with E-state index in [1.54, 1.807) is 24.3 Å². The van der Waals surface area contributed by atoms with Crippen LogP contribution >= 0.6 is 22.7 Å². The average Bonchev–Trinajstić information content (AvgIpc) is 3.63. The molecule has 44 heavy (non-hydrogen) atoms. The SMILES string of the molecule is O=C(Nc1ccc(NC(=O)Nc2nnc(C34CC5CC(CC(C5)C3)C4)s2)cc1)Nc1nnc(C23CC4CC(CC(C4)C2)C3)s1. The third kappa shape index (κ3) is 4.88. The highest BCUT2D eigenvalue weighted by Crippen LogP contribution is 2.62. The van der Waals surface area contributed by atoms with Gasteiger partial charge in [0.05, 0.1) is 0 Å². The topological polar surface area (TPSA) is 134 Å². The summed E-state index contributed by atoms with van der Waals surface area (Å²) in [5.74, 6) is 5.01. The summed E-state index contributed by atoms with van der Waals surface area (Å²) in [6.45, 7) is 0. The van der Waals surface area contributed by atoms with Crippen molar-refractivity contribution in [3.63, 3.8) is 0 Å². The number of nitrogens with zero attached hydrogens (tertiary/aromatic N) is 4. The maximum Gasteiger partial charge on any atom is 0.325 e. The van der Waals surface area contributed by atoms with Gasteiger partial charge in [-0.15, -0.1) is 20.4 Å². The van der Waals surface area contributed by atoms with E-state index in [0.29, 0.717) is 21.6 Å². The van der Waals surface area contributed by atoms with Gasteiger partial charge in [-0.3, -0.25) is 10.6 Å². The lowest BCUT2D eigenvalue weighted by molar-refractivity contribution is -0.00568. The molecule has 2 heterocycles. The first-order valence-corrected chi connectivity index (χ1v) is 17.9. The van der Waals surface area contributed by atoms with Crippen LogP contribution in [-0.2, 0) is 10.8 Å². The number of benzene rings is 1. The summed E-state index contributed by atoms with van der Waals surface area (Å²) in [4.78, 5) is 25.5. The highest BCUT2D eigenvalue weighted by atomic mass is 32.1. The van der Waals surface area contributed by atoms with E-state index in [0.717, 1.165) is 45.5 Å². The summed E-state index contributed by atoms with van der Waals surface area (Å²) in [6.07, 6.45) is 15.7. The Morgan fingerprint density at radius 2 is 0.841 bits per heavy atom. The van der Waals surface area contributed by atoms with Gasteiger partial charge in [-0.2, -0.15) is 0 Å². The van der Waals surface area contributed by atoms with Crippen molar-refractivity contribution in [3.8, 4) is 0 Å². The second-order valence-corrected chi connectivity index (χ2v) is 16.9. The number of hydrogen-bond acceptors (Lipinski definition) is 8. The smallest absolute Gasteiger partial charge is 0.308 e. The fraction of sp³-hybridized carbons (Fsp3) is 0.625. The van der Waals surface area contributed by atoms with E-state index in [1.165, 1.54) is 99.7 Å². The maximum absolute atomic E-state index is 12.7. The summed E-state index contributed by atoms with van der Waals surface area (Å²) in [5.41, 5.74) is 1.57. The second kappa shape index (κ2) is 10.2. The molecule has 0 aliphatic heterocycles. The Balaban J connectivity index is 0.780. The van der Waals surface area contributed by atoms with Gasteiger partial charge in [0.25, 0.3) is 0 Å². The molecule has 11 rings (SSSR count). The second-order valence-electron chi connectivity index (χ2n) is 15.0. The Morgan fingerprint density at radius 3 is 1.16 bits per heavy atom. The van der Waals surface area contributed by atoms with Crippen molar-refractivity contribution in [2.75, 3.05) is 21.3 Å². The molecule has 0 radical (unpaired) electrons. The number of nitrogens with one attached hydrogen (secondary N) is 4. The number of carbonyl (C=O) groups is 2. The van der Waals surface area contributed by atoms with Crippen molar-refractivity contribution in [1.82, 2.24) is 20.4 Å². The number of amides is 4. The molecule has 8 aliphatic carbocycles. The Bertz CT molecular complexity index is 1410.